The van der Waals surface area contributed by atoms with Gasteiger partial charge in [0.25, 0.3) is 11.2 Å². The molecule has 0 N–H and O–H groups in total. The number of unbranched alkanes of at least 4 members (excludes halogenated alkanes) is 7. The molecular formula is C25H38N2O5. The molecule has 1 heterocycles. The molecule has 32 heavy (non-hydrogen) atoms. The zero-order valence-electron chi connectivity index (χ0n) is 19.9. The molecule has 0 aliphatic heterocycles. The highest BCUT2D eigenvalue weighted by molar-refractivity contribution is 5.89. The lowest BCUT2D eigenvalue weighted by atomic mass is 10.1. The average Bonchev–Trinajstić information content (AvgIpc) is 2.79. The Morgan fingerprint density at radius 1 is 0.844 bits per heavy atom. The van der Waals surface area contributed by atoms with Crippen LogP contribution < -0.4 is 15.0 Å². The highest BCUT2D eigenvalue weighted by Gasteiger charge is 2.21. The van der Waals surface area contributed by atoms with Crippen molar-refractivity contribution in [2.75, 3.05) is 13.2 Å². The number of nitro groups is 1. The van der Waals surface area contributed by atoms with Crippen LogP contribution in [0.5, 0.6) is 11.5 Å². The molecule has 2 aromatic rings. The van der Waals surface area contributed by atoms with Gasteiger partial charge in [-0.3, -0.25) is 14.9 Å². The molecule has 0 aliphatic rings. The molecule has 1 aromatic heterocycles. The minimum atomic E-state index is -0.433. The van der Waals surface area contributed by atoms with Crippen molar-refractivity contribution >= 4 is 16.6 Å². The number of ether oxygens (including phenoxy) is 2. The highest BCUT2D eigenvalue weighted by Crippen LogP contribution is 2.35. The number of nitro benzene ring substituents is 1. The molecule has 0 radical (unpaired) electrons. The van der Waals surface area contributed by atoms with Crippen molar-refractivity contribution in [2.45, 2.75) is 91.5 Å². The van der Waals surface area contributed by atoms with Crippen LogP contribution in [0, 0.1) is 10.1 Å². The maximum Gasteiger partial charge on any atom is 0.297 e. The first-order valence-corrected chi connectivity index (χ1v) is 12.2. The average molecular weight is 447 g/mol. The molecule has 1 aromatic carbocycles. The summed E-state index contributed by atoms with van der Waals surface area (Å²) in [5, 5.41) is 12.1. The number of nitrogens with zero attached hydrogens (tertiary/aromatic N) is 2. The van der Waals surface area contributed by atoms with E-state index in [0.717, 1.165) is 64.2 Å². The molecule has 7 heteroatoms. The quantitative estimate of drug-likeness (QED) is 0.164. The zero-order chi connectivity index (χ0) is 23.3. The van der Waals surface area contributed by atoms with Crippen LogP contribution in [0.1, 0.15) is 85.0 Å². The predicted octanol–water partition coefficient (Wildman–Crippen LogP) is 6.63. The lowest BCUT2D eigenvalue weighted by Gasteiger charge is -2.18. The van der Waals surface area contributed by atoms with Crippen LogP contribution in [0.2, 0.25) is 0 Å². The van der Waals surface area contributed by atoms with Gasteiger partial charge in [0.1, 0.15) is 0 Å². The van der Waals surface area contributed by atoms with Gasteiger partial charge in [-0.25, -0.2) is 0 Å². The molecule has 7 nitrogen and oxygen atoms in total. The fourth-order valence-corrected chi connectivity index (χ4v) is 3.72. The number of aryl methyl sites for hydroxylation is 1. The Labute approximate surface area is 190 Å². The van der Waals surface area contributed by atoms with E-state index in [1.54, 1.807) is 10.6 Å². The Bertz CT molecular complexity index is 923. The van der Waals surface area contributed by atoms with Gasteiger partial charge in [0.05, 0.1) is 23.7 Å². The Morgan fingerprint density at radius 2 is 1.44 bits per heavy atom. The summed E-state index contributed by atoms with van der Waals surface area (Å²) in [7, 11) is 0. The van der Waals surface area contributed by atoms with Crippen LogP contribution in [-0.4, -0.2) is 22.7 Å². The van der Waals surface area contributed by atoms with E-state index in [0.29, 0.717) is 36.4 Å². The predicted molar refractivity (Wildman–Crippen MR) is 129 cm³/mol. The van der Waals surface area contributed by atoms with E-state index in [4.69, 9.17) is 9.47 Å². The smallest absolute Gasteiger partial charge is 0.297 e. The minimum Gasteiger partial charge on any atom is -0.489 e. The Balaban J connectivity index is 2.49. The summed E-state index contributed by atoms with van der Waals surface area (Å²) in [6.45, 7) is 7.77. The molecule has 0 aliphatic carbocycles. The van der Waals surface area contributed by atoms with Gasteiger partial charge in [-0.1, -0.05) is 65.7 Å². The summed E-state index contributed by atoms with van der Waals surface area (Å²) in [6.07, 6.45) is 10.1. The molecule has 0 fully saturated rings. The van der Waals surface area contributed by atoms with Crippen LogP contribution in [0.4, 0.5) is 5.69 Å². The zero-order valence-corrected chi connectivity index (χ0v) is 19.9. The lowest BCUT2D eigenvalue weighted by Crippen LogP contribution is -2.24. The van der Waals surface area contributed by atoms with E-state index in [9.17, 15) is 14.9 Å². The summed E-state index contributed by atoms with van der Waals surface area (Å²) >= 11 is 0. The standard InChI is InChI=1S/C25H38N2O5/c1-4-7-10-12-17-31-23-21-15-14-20(27(29)30)19-22(21)26(16-9-6-3)25(28)24(23)32-18-13-11-8-5-2/h14-15,19H,4-13,16-18H2,1-3H3. The Kier molecular flexibility index (Phi) is 11.0. The summed E-state index contributed by atoms with van der Waals surface area (Å²) in [6, 6.07) is 4.62. The second kappa shape index (κ2) is 13.8. The van der Waals surface area contributed by atoms with Gasteiger partial charge < -0.3 is 14.0 Å². The number of hydrogen-bond acceptors (Lipinski definition) is 5. The van der Waals surface area contributed by atoms with E-state index in [1.807, 2.05) is 0 Å². The van der Waals surface area contributed by atoms with Crippen molar-refractivity contribution in [3.63, 3.8) is 0 Å². The molecule has 0 atom stereocenters. The number of hydrogen-bond donors (Lipinski definition) is 0. The number of benzene rings is 1. The molecular weight excluding hydrogens is 408 g/mol. The highest BCUT2D eigenvalue weighted by atomic mass is 16.6. The molecule has 2 rings (SSSR count). The van der Waals surface area contributed by atoms with Crippen LogP contribution >= 0.6 is 0 Å². The molecule has 0 amide bonds. The van der Waals surface area contributed by atoms with Gasteiger partial charge in [-0.05, 0) is 25.3 Å². The van der Waals surface area contributed by atoms with Crippen molar-refractivity contribution in [3.8, 4) is 11.5 Å². The summed E-state index contributed by atoms with van der Waals surface area (Å²) in [5.41, 5.74) is 0.217. The Morgan fingerprint density at radius 3 is 2.00 bits per heavy atom. The molecule has 0 unspecified atom stereocenters. The van der Waals surface area contributed by atoms with E-state index in [-0.39, 0.29) is 17.0 Å². The van der Waals surface area contributed by atoms with Gasteiger partial charge in [0.2, 0.25) is 5.75 Å². The SMILES string of the molecule is CCCCCCOc1c(OCCCCCC)c2ccc([N+](=O)[O-])cc2n(CCCC)c1=O. The van der Waals surface area contributed by atoms with Gasteiger partial charge in [-0.15, -0.1) is 0 Å². The number of non-ortho nitro benzene ring substituents is 1. The summed E-state index contributed by atoms with van der Waals surface area (Å²) in [5.74, 6) is 0.647. The van der Waals surface area contributed by atoms with Crippen LogP contribution in [0.15, 0.2) is 23.0 Å². The van der Waals surface area contributed by atoms with Crippen molar-refractivity contribution in [2.24, 2.45) is 0 Å². The number of rotatable bonds is 16. The van der Waals surface area contributed by atoms with Crippen molar-refractivity contribution in [1.29, 1.82) is 0 Å². The van der Waals surface area contributed by atoms with Crippen molar-refractivity contribution in [1.82, 2.24) is 4.57 Å². The first-order valence-electron chi connectivity index (χ1n) is 12.2. The largest absolute Gasteiger partial charge is 0.489 e. The van der Waals surface area contributed by atoms with Crippen LogP contribution in [0.3, 0.4) is 0 Å². The van der Waals surface area contributed by atoms with E-state index in [2.05, 4.69) is 20.8 Å². The second-order valence-electron chi connectivity index (χ2n) is 8.25. The summed E-state index contributed by atoms with van der Waals surface area (Å²) in [4.78, 5) is 24.4. The molecule has 0 spiro atoms. The third-order valence-electron chi connectivity index (χ3n) is 5.60. The van der Waals surface area contributed by atoms with Gasteiger partial charge in [-0.2, -0.15) is 0 Å². The lowest BCUT2D eigenvalue weighted by molar-refractivity contribution is -0.384. The topological polar surface area (TPSA) is 83.6 Å². The van der Waals surface area contributed by atoms with E-state index >= 15 is 0 Å². The maximum atomic E-state index is 13.4. The van der Waals surface area contributed by atoms with Crippen LogP contribution in [-0.2, 0) is 6.54 Å². The first-order chi connectivity index (χ1) is 15.5. The third-order valence-corrected chi connectivity index (χ3v) is 5.60. The van der Waals surface area contributed by atoms with Crippen LogP contribution in [0.25, 0.3) is 10.9 Å². The van der Waals surface area contributed by atoms with Crippen molar-refractivity contribution in [3.05, 3.63) is 38.7 Å². The maximum absolute atomic E-state index is 13.4. The number of pyridine rings is 1. The fourth-order valence-electron chi connectivity index (χ4n) is 3.72. The molecule has 0 saturated heterocycles. The molecule has 178 valence electrons. The fraction of sp³-hybridized carbons (Fsp3) is 0.640. The van der Waals surface area contributed by atoms with Gasteiger partial charge in [0, 0.05) is 24.1 Å². The molecule has 0 saturated carbocycles. The van der Waals surface area contributed by atoms with E-state index in [1.165, 1.54) is 12.1 Å². The normalized spacial score (nSPS) is 11.1. The molecule has 0 bridgehead atoms. The Hall–Kier alpha value is -2.57. The van der Waals surface area contributed by atoms with E-state index < -0.39 is 4.92 Å². The summed E-state index contributed by atoms with van der Waals surface area (Å²) < 4.78 is 13.7. The van der Waals surface area contributed by atoms with Crippen molar-refractivity contribution < 1.29 is 14.4 Å². The number of aromatic nitrogens is 1. The van der Waals surface area contributed by atoms with Gasteiger partial charge in [0.15, 0.2) is 5.75 Å². The minimum absolute atomic E-state index is 0.0377. The van der Waals surface area contributed by atoms with Gasteiger partial charge >= 0.3 is 0 Å². The third kappa shape index (κ3) is 6.97. The monoisotopic (exact) mass is 446 g/mol. The second-order valence-corrected chi connectivity index (χ2v) is 8.25. The number of fused-ring (bicyclic) bond motifs is 1. The first kappa shape index (κ1) is 25.7.